The van der Waals surface area contributed by atoms with E-state index in [1.54, 1.807) is 21.9 Å². The molecule has 3 amide bonds. The zero-order valence-corrected chi connectivity index (χ0v) is 30.8. The molecular formula is C33H45Br2N7O4S. The number of rotatable bonds is 6. The van der Waals surface area contributed by atoms with Gasteiger partial charge in [0.15, 0.2) is 0 Å². The Balaban J connectivity index is 1.17. The number of piperidine rings is 3. The van der Waals surface area contributed by atoms with E-state index in [4.69, 9.17) is 5.73 Å². The first-order valence-corrected chi connectivity index (χ1v) is 20.0. The van der Waals surface area contributed by atoms with E-state index >= 15 is 0 Å². The predicted octanol–water partition coefficient (Wildman–Crippen LogP) is 4.25. The van der Waals surface area contributed by atoms with E-state index in [0.717, 1.165) is 31.5 Å². The highest BCUT2D eigenvalue weighted by Gasteiger charge is 2.51. The molecular weight excluding hydrogens is 750 g/mol. The molecule has 0 radical (unpaired) electrons. The average molecular weight is 796 g/mol. The number of fused-ring (bicyclic) bond motifs is 1. The van der Waals surface area contributed by atoms with Crippen LogP contribution in [0.4, 0.5) is 16.2 Å². The maximum Gasteiger partial charge on any atom is 0.325 e. The Kier molecular flexibility index (Phi) is 10.6. The molecule has 14 heteroatoms. The van der Waals surface area contributed by atoms with Crippen molar-refractivity contribution < 1.29 is 18.0 Å². The van der Waals surface area contributed by atoms with Crippen LogP contribution in [0.2, 0.25) is 0 Å². The summed E-state index contributed by atoms with van der Waals surface area (Å²) >= 11 is 7.27. The molecule has 0 spiro atoms. The van der Waals surface area contributed by atoms with Crippen LogP contribution >= 0.6 is 31.9 Å². The second-order valence-corrected chi connectivity index (χ2v) is 16.7. The number of para-hydroxylation sites is 2. The molecule has 3 fully saturated rings. The van der Waals surface area contributed by atoms with E-state index < -0.39 is 26.7 Å². The van der Waals surface area contributed by atoms with Gasteiger partial charge in [0.25, 0.3) is 0 Å². The summed E-state index contributed by atoms with van der Waals surface area (Å²) in [6.45, 7) is 4.18. The van der Waals surface area contributed by atoms with Crippen molar-refractivity contribution in [1.29, 1.82) is 0 Å². The minimum atomic E-state index is -3.92. The molecule has 0 aliphatic carbocycles. The number of amides is 3. The number of nitrogens with one attached hydrogen (secondary N) is 1. The van der Waals surface area contributed by atoms with Crippen molar-refractivity contribution in [2.75, 3.05) is 61.3 Å². The van der Waals surface area contributed by atoms with E-state index in [1.807, 2.05) is 47.4 Å². The van der Waals surface area contributed by atoms with Crippen molar-refractivity contribution in [2.24, 2.45) is 17.6 Å². The Hall–Kier alpha value is -2.23. The van der Waals surface area contributed by atoms with Gasteiger partial charge in [-0.1, -0.05) is 68.3 Å². The summed E-state index contributed by atoms with van der Waals surface area (Å²) in [5.74, 6) is 1.29. The largest absolute Gasteiger partial charge is 0.341 e. The summed E-state index contributed by atoms with van der Waals surface area (Å²) in [6.07, 6.45) is 4.62. The summed E-state index contributed by atoms with van der Waals surface area (Å²) in [7, 11) is -1.74. The van der Waals surface area contributed by atoms with Crippen LogP contribution in [0, 0.1) is 11.8 Å². The van der Waals surface area contributed by atoms with Gasteiger partial charge in [-0.15, -0.1) is 0 Å². The fourth-order valence-electron chi connectivity index (χ4n) is 7.64. The third-order valence-corrected chi connectivity index (χ3v) is 13.8. The number of carbonyl (C=O) groups excluding carboxylic acids is 2. The normalized spacial score (nSPS) is 26.7. The second kappa shape index (κ2) is 14.3. The molecule has 2 aromatic carbocycles. The van der Waals surface area contributed by atoms with Gasteiger partial charge in [-0.05, 0) is 87.8 Å². The van der Waals surface area contributed by atoms with Gasteiger partial charge in [0, 0.05) is 43.7 Å². The van der Waals surface area contributed by atoms with Gasteiger partial charge >= 0.3 is 16.2 Å². The Morgan fingerprint density at radius 1 is 0.957 bits per heavy atom. The van der Waals surface area contributed by atoms with Gasteiger partial charge in [0.1, 0.15) is 11.7 Å². The number of likely N-dealkylation sites (tertiary alicyclic amines) is 3. The molecule has 0 aromatic heterocycles. The van der Waals surface area contributed by atoms with Crippen LogP contribution in [0.1, 0.15) is 37.7 Å². The molecule has 4 aliphatic heterocycles. The number of nitrogens with zero attached hydrogens (tertiary/aromatic N) is 5. The van der Waals surface area contributed by atoms with Crippen LogP contribution < -0.4 is 15.4 Å². The van der Waals surface area contributed by atoms with Crippen LogP contribution in [-0.4, -0.2) is 108 Å². The van der Waals surface area contributed by atoms with E-state index in [-0.39, 0.29) is 43.3 Å². The number of nitrogens with two attached hydrogens (primary N) is 1. The zero-order valence-electron chi connectivity index (χ0n) is 26.8. The molecule has 2 aromatic rings. The summed E-state index contributed by atoms with van der Waals surface area (Å²) in [5.41, 5.74) is 7.62. The SMILES string of the molecule is CN1CCC(C2CCN(C(=O)[C@H](CBr)N(C(=O)N3CCC(N)(N4Cc5ccccc5NS4(=O)=O)C(Br)C3)c3ccccc3)CC2)CC1. The first kappa shape index (κ1) is 34.6. The maximum atomic E-state index is 14.4. The van der Waals surface area contributed by atoms with Gasteiger partial charge in [-0.2, -0.15) is 12.7 Å². The van der Waals surface area contributed by atoms with Crippen LogP contribution in [0.15, 0.2) is 54.6 Å². The molecule has 0 saturated carbocycles. The number of carbonyl (C=O) groups is 2. The Labute approximate surface area is 295 Å². The third-order valence-electron chi connectivity index (χ3n) is 10.6. The van der Waals surface area contributed by atoms with Gasteiger partial charge < -0.3 is 20.4 Å². The first-order valence-electron chi connectivity index (χ1n) is 16.5. The highest BCUT2D eigenvalue weighted by molar-refractivity contribution is 9.09. The molecule has 256 valence electrons. The summed E-state index contributed by atoms with van der Waals surface area (Å²) < 4.78 is 30.7. The van der Waals surface area contributed by atoms with Crippen molar-refractivity contribution in [3.05, 3.63) is 60.2 Å². The summed E-state index contributed by atoms with van der Waals surface area (Å²) in [4.78, 5) is 35.6. The lowest BCUT2D eigenvalue weighted by Crippen LogP contribution is -2.71. The standard InChI is InChI=1S/C33H45Br2N7O4S/c1-38-16-11-24(12-17-38)25-13-18-39(19-14-25)31(43)29(21-34)42(27-8-3-2-4-9-27)32(44)40-20-15-33(36,30(35)23-40)41-22-26-7-5-6-10-28(26)37-47(41,45)46/h2-10,24-25,29-30,37H,11-23,36H2,1H3/t29-,30?,33?/m0/s1. The van der Waals surface area contributed by atoms with E-state index in [2.05, 4.69) is 48.5 Å². The number of alkyl halides is 2. The molecule has 4 heterocycles. The molecule has 3 N–H and O–H groups in total. The van der Waals surface area contributed by atoms with Crippen LogP contribution in [0.25, 0.3) is 0 Å². The predicted molar refractivity (Wildman–Crippen MR) is 192 cm³/mol. The van der Waals surface area contributed by atoms with Gasteiger partial charge in [0.2, 0.25) is 5.91 Å². The average Bonchev–Trinajstić information content (AvgIpc) is 3.08. The van der Waals surface area contributed by atoms with E-state index in [0.29, 0.717) is 36.3 Å². The van der Waals surface area contributed by atoms with Gasteiger partial charge in [-0.3, -0.25) is 14.4 Å². The molecule has 0 bridgehead atoms. The van der Waals surface area contributed by atoms with Gasteiger partial charge in [0.05, 0.1) is 10.5 Å². The Bertz CT molecular complexity index is 1540. The van der Waals surface area contributed by atoms with Crippen LogP contribution in [0.5, 0.6) is 0 Å². The molecule has 47 heavy (non-hydrogen) atoms. The number of benzene rings is 2. The molecule has 3 saturated heterocycles. The van der Waals surface area contributed by atoms with Crippen molar-refractivity contribution >= 4 is 65.4 Å². The number of hydrogen-bond donors (Lipinski definition) is 2. The van der Waals surface area contributed by atoms with E-state index in [1.165, 1.54) is 17.1 Å². The highest BCUT2D eigenvalue weighted by Crippen LogP contribution is 2.38. The zero-order chi connectivity index (χ0) is 33.3. The first-order chi connectivity index (χ1) is 22.5. The lowest BCUT2D eigenvalue weighted by Gasteiger charge is -2.50. The third kappa shape index (κ3) is 7.09. The van der Waals surface area contributed by atoms with Crippen LogP contribution in [0.3, 0.4) is 0 Å². The molecule has 3 atom stereocenters. The lowest BCUT2D eigenvalue weighted by molar-refractivity contribution is -0.133. The quantitative estimate of drug-likeness (QED) is 0.422. The minimum absolute atomic E-state index is 0.0642. The summed E-state index contributed by atoms with van der Waals surface area (Å²) in [6, 6.07) is 15.5. The monoisotopic (exact) mass is 793 g/mol. The van der Waals surface area contributed by atoms with Crippen molar-refractivity contribution in [3.8, 4) is 0 Å². The molecule has 11 nitrogen and oxygen atoms in total. The molecule has 6 rings (SSSR count). The fraction of sp³-hybridized carbons (Fsp3) is 0.576. The second-order valence-electron chi connectivity index (χ2n) is 13.4. The lowest BCUT2D eigenvalue weighted by atomic mass is 9.79. The molecule has 2 unspecified atom stereocenters. The summed E-state index contributed by atoms with van der Waals surface area (Å²) in [5, 5.41) is 0.283. The fourth-order valence-corrected chi connectivity index (χ4v) is 10.7. The molecule has 4 aliphatic rings. The Morgan fingerprint density at radius 2 is 1.57 bits per heavy atom. The van der Waals surface area contributed by atoms with Crippen molar-refractivity contribution in [1.82, 2.24) is 19.0 Å². The topological polar surface area (TPSA) is 123 Å². The number of anilines is 2. The number of hydrogen-bond acceptors (Lipinski definition) is 6. The van der Waals surface area contributed by atoms with Gasteiger partial charge in [-0.25, -0.2) is 4.79 Å². The maximum absolute atomic E-state index is 14.4. The van der Waals surface area contributed by atoms with Crippen molar-refractivity contribution in [3.63, 3.8) is 0 Å². The Morgan fingerprint density at radius 3 is 2.21 bits per heavy atom. The minimum Gasteiger partial charge on any atom is -0.341 e. The van der Waals surface area contributed by atoms with Crippen molar-refractivity contribution in [2.45, 2.75) is 55.2 Å². The van der Waals surface area contributed by atoms with Crippen LogP contribution in [-0.2, 0) is 21.5 Å². The smallest absolute Gasteiger partial charge is 0.325 e. The number of halogens is 2. The number of urea groups is 1. The van der Waals surface area contributed by atoms with E-state index in [9.17, 15) is 18.0 Å². The highest BCUT2D eigenvalue weighted by atomic mass is 79.9.